The standard InChI is InChI=1S/C18H17BrO5/c1-3-22-15-8-6-5-7-13(15)18(21)24-16-10-9-12(11-14(16)19)17(20)23-4-2/h5-11H,3-4H2,1-2H3. The predicted octanol–water partition coefficient (Wildman–Crippen LogP) is 4.24. The van der Waals surface area contributed by atoms with Crippen LogP contribution in [0.2, 0.25) is 0 Å². The van der Waals surface area contributed by atoms with Gasteiger partial charge in [-0.25, -0.2) is 9.59 Å². The van der Waals surface area contributed by atoms with Crippen LogP contribution in [0.4, 0.5) is 0 Å². The van der Waals surface area contributed by atoms with Crippen LogP contribution in [0.3, 0.4) is 0 Å². The molecule has 0 aliphatic carbocycles. The number of halogens is 1. The summed E-state index contributed by atoms with van der Waals surface area (Å²) in [5.74, 6) is -0.204. The fourth-order valence-electron chi connectivity index (χ4n) is 2.00. The van der Waals surface area contributed by atoms with Crippen molar-refractivity contribution in [1.29, 1.82) is 0 Å². The molecule has 0 spiro atoms. The Balaban J connectivity index is 2.19. The molecule has 0 bridgehead atoms. The maximum atomic E-state index is 12.4. The summed E-state index contributed by atoms with van der Waals surface area (Å²) >= 11 is 3.30. The molecule has 2 rings (SSSR count). The van der Waals surface area contributed by atoms with Crippen molar-refractivity contribution in [1.82, 2.24) is 0 Å². The second kappa shape index (κ2) is 8.49. The first-order valence-corrected chi connectivity index (χ1v) is 8.26. The van der Waals surface area contributed by atoms with Crippen molar-refractivity contribution in [3.05, 3.63) is 58.1 Å². The van der Waals surface area contributed by atoms with E-state index in [1.165, 1.54) is 6.07 Å². The van der Waals surface area contributed by atoms with Gasteiger partial charge in [0.15, 0.2) is 0 Å². The zero-order chi connectivity index (χ0) is 17.5. The van der Waals surface area contributed by atoms with Gasteiger partial charge in [-0.15, -0.1) is 0 Å². The van der Waals surface area contributed by atoms with Crippen molar-refractivity contribution >= 4 is 27.9 Å². The molecule has 0 aliphatic heterocycles. The van der Waals surface area contributed by atoms with Gasteiger partial charge in [0, 0.05) is 0 Å². The molecule has 0 heterocycles. The molecular weight excluding hydrogens is 376 g/mol. The van der Waals surface area contributed by atoms with Crippen LogP contribution in [0, 0.1) is 0 Å². The number of rotatable bonds is 6. The zero-order valence-corrected chi connectivity index (χ0v) is 15.0. The third-order valence-corrected chi connectivity index (χ3v) is 3.67. The molecule has 0 atom stereocenters. The van der Waals surface area contributed by atoms with E-state index in [1.54, 1.807) is 43.3 Å². The van der Waals surface area contributed by atoms with Crippen molar-refractivity contribution in [2.24, 2.45) is 0 Å². The lowest BCUT2D eigenvalue weighted by Gasteiger charge is -2.11. The molecule has 0 aromatic heterocycles. The van der Waals surface area contributed by atoms with E-state index in [9.17, 15) is 9.59 Å². The lowest BCUT2D eigenvalue weighted by molar-refractivity contribution is 0.0526. The summed E-state index contributed by atoms with van der Waals surface area (Å²) in [7, 11) is 0. The molecule has 0 unspecified atom stereocenters. The van der Waals surface area contributed by atoms with Gasteiger partial charge in [-0.05, 0) is 60.1 Å². The molecule has 0 radical (unpaired) electrons. The van der Waals surface area contributed by atoms with Crippen molar-refractivity contribution in [2.45, 2.75) is 13.8 Å². The predicted molar refractivity (Wildman–Crippen MR) is 92.7 cm³/mol. The molecule has 0 saturated heterocycles. The van der Waals surface area contributed by atoms with Crippen LogP contribution in [0.15, 0.2) is 46.9 Å². The molecule has 0 saturated carbocycles. The number of hydrogen-bond acceptors (Lipinski definition) is 5. The van der Waals surface area contributed by atoms with Crippen LogP contribution < -0.4 is 9.47 Å². The van der Waals surface area contributed by atoms with Crippen LogP contribution in [0.5, 0.6) is 11.5 Å². The Hall–Kier alpha value is -2.34. The van der Waals surface area contributed by atoms with Gasteiger partial charge >= 0.3 is 11.9 Å². The molecule has 0 N–H and O–H groups in total. The first kappa shape index (κ1) is 18.0. The van der Waals surface area contributed by atoms with Gasteiger partial charge in [0.05, 0.1) is 23.2 Å². The van der Waals surface area contributed by atoms with Gasteiger partial charge in [-0.1, -0.05) is 12.1 Å². The van der Waals surface area contributed by atoms with Crippen LogP contribution in [-0.4, -0.2) is 25.2 Å². The third kappa shape index (κ3) is 4.35. The number of hydrogen-bond donors (Lipinski definition) is 0. The molecule has 2 aromatic carbocycles. The van der Waals surface area contributed by atoms with E-state index in [0.717, 1.165) is 0 Å². The van der Waals surface area contributed by atoms with Crippen LogP contribution in [0.1, 0.15) is 34.6 Å². The largest absolute Gasteiger partial charge is 0.493 e. The Morgan fingerprint density at radius 3 is 2.38 bits per heavy atom. The minimum atomic E-state index is -0.538. The number of para-hydroxylation sites is 1. The van der Waals surface area contributed by atoms with Gasteiger partial charge < -0.3 is 14.2 Å². The second-order valence-corrected chi connectivity index (χ2v) is 5.54. The maximum Gasteiger partial charge on any atom is 0.347 e. The first-order chi connectivity index (χ1) is 11.6. The molecule has 0 aliphatic rings. The summed E-state index contributed by atoms with van der Waals surface area (Å²) in [6, 6.07) is 11.5. The van der Waals surface area contributed by atoms with E-state index in [4.69, 9.17) is 14.2 Å². The average molecular weight is 393 g/mol. The highest BCUT2D eigenvalue weighted by Gasteiger charge is 2.17. The Bertz CT molecular complexity index is 742. The Kier molecular flexibility index (Phi) is 6.37. The normalized spacial score (nSPS) is 10.1. The summed E-state index contributed by atoms with van der Waals surface area (Å²) in [5, 5.41) is 0. The highest BCUT2D eigenvalue weighted by molar-refractivity contribution is 9.10. The smallest absolute Gasteiger partial charge is 0.347 e. The van der Waals surface area contributed by atoms with E-state index in [-0.39, 0.29) is 0 Å². The number of esters is 2. The van der Waals surface area contributed by atoms with Crippen molar-refractivity contribution in [3.63, 3.8) is 0 Å². The van der Waals surface area contributed by atoms with E-state index in [1.807, 2.05) is 6.92 Å². The van der Waals surface area contributed by atoms with Crippen LogP contribution in [0.25, 0.3) is 0 Å². The molecule has 0 amide bonds. The molecule has 126 valence electrons. The minimum absolute atomic E-state index is 0.293. The maximum absolute atomic E-state index is 12.4. The first-order valence-electron chi connectivity index (χ1n) is 7.47. The highest BCUT2D eigenvalue weighted by atomic mass is 79.9. The summed E-state index contributed by atoms with van der Waals surface area (Å²) < 4.78 is 16.2. The van der Waals surface area contributed by atoms with Crippen molar-refractivity contribution in [2.75, 3.05) is 13.2 Å². The van der Waals surface area contributed by atoms with E-state index in [2.05, 4.69) is 15.9 Å². The van der Waals surface area contributed by atoms with Gasteiger partial charge in [-0.3, -0.25) is 0 Å². The fourth-order valence-corrected chi connectivity index (χ4v) is 2.46. The Morgan fingerprint density at radius 2 is 1.71 bits per heavy atom. The summed E-state index contributed by atoms with van der Waals surface area (Å²) in [5.41, 5.74) is 0.707. The van der Waals surface area contributed by atoms with Gasteiger partial charge in [-0.2, -0.15) is 0 Å². The topological polar surface area (TPSA) is 61.8 Å². The lowest BCUT2D eigenvalue weighted by Crippen LogP contribution is -2.11. The van der Waals surface area contributed by atoms with E-state index < -0.39 is 11.9 Å². The molecular formula is C18H17BrO5. The summed E-state index contributed by atoms with van der Waals surface area (Å²) in [6.07, 6.45) is 0. The molecule has 6 heteroatoms. The van der Waals surface area contributed by atoms with Gasteiger partial charge in [0.1, 0.15) is 17.1 Å². The van der Waals surface area contributed by atoms with E-state index >= 15 is 0 Å². The highest BCUT2D eigenvalue weighted by Crippen LogP contribution is 2.28. The zero-order valence-electron chi connectivity index (χ0n) is 13.4. The Morgan fingerprint density at radius 1 is 0.958 bits per heavy atom. The van der Waals surface area contributed by atoms with Gasteiger partial charge in [0.2, 0.25) is 0 Å². The number of benzene rings is 2. The molecule has 2 aromatic rings. The summed E-state index contributed by atoms with van der Waals surface area (Å²) in [6.45, 7) is 4.31. The van der Waals surface area contributed by atoms with Crippen molar-refractivity contribution in [3.8, 4) is 11.5 Å². The van der Waals surface area contributed by atoms with Crippen LogP contribution >= 0.6 is 15.9 Å². The SMILES string of the molecule is CCOC(=O)c1ccc(OC(=O)c2ccccc2OCC)c(Br)c1. The molecule has 24 heavy (non-hydrogen) atoms. The van der Waals surface area contributed by atoms with E-state index in [0.29, 0.717) is 40.3 Å². The lowest BCUT2D eigenvalue weighted by atomic mass is 10.2. The molecule has 5 nitrogen and oxygen atoms in total. The van der Waals surface area contributed by atoms with Crippen molar-refractivity contribution < 1.29 is 23.8 Å². The quantitative estimate of drug-likeness (QED) is 0.543. The second-order valence-electron chi connectivity index (χ2n) is 4.68. The average Bonchev–Trinajstić information content (AvgIpc) is 2.57. The van der Waals surface area contributed by atoms with Crippen LogP contribution in [-0.2, 0) is 4.74 Å². The molecule has 0 fully saturated rings. The fraction of sp³-hybridized carbons (Fsp3) is 0.222. The Labute approximate surface area is 148 Å². The summed E-state index contributed by atoms with van der Waals surface area (Å²) in [4.78, 5) is 24.1. The number of carbonyl (C=O) groups is 2. The third-order valence-electron chi connectivity index (χ3n) is 3.05. The minimum Gasteiger partial charge on any atom is -0.493 e. The number of ether oxygens (including phenoxy) is 3. The van der Waals surface area contributed by atoms with Gasteiger partial charge in [0.25, 0.3) is 0 Å². The number of carbonyl (C=O) groups excluding carboxylic acids is 2. The monoisotopic (exact) mass is 392 g/mol.